The Hall–Kier alpha value is -3.96. The second kappa shape index (κ2) is 9.35. The maximum atomic E-state index is 6.08. The highest BCUT2D eigenvalue weighted by molar-refractivity contribution is 6.30. The van der Waals surface area contributed by atoms with Gasteiger partial charge in [-0.05, 0) is 58.8 Å². The minimum Gasteiger partial charge on any atom is -0.493 e. The first-order valence-electron chi connectivity index (χ1n) is 11.1. The third-order valence-electron chi connectivity index (χ3n) is 6.18. The van der Waals surface area contributed by atoms with Gasteiger partial charge in [-0.3, -0.25) is 0 Å². The zero-order valence-electron chi connectivity index (χ0n) is 20.0. The predicted molar refractivity (Wildman–Crippen MR) is 141 cm³/mol. The number of nitrogens with zero attached hydrogens (tertiary/aromatic N) is 1. The predicted octanol–water partition coefficient (Wildman–Crippen LogP) is 6.59. The normalized spacial score (nSPS) is 11.5. The highest BCUT2D eigenvalue weighted by atomic mass is 35.5. The molecule has 0 aliphatic rings. The molecule has 5 rings (SSSR count). The van der Waals surface area contributed by atoms with Crippen LogP contribution in [-0.4, -0.2) is 28.4 Å². The fraction of sp³-hybridized carbons (Fsp3) is 0.138. The SMILES string of the molecule is COc1cc2cc3c4cc(OC)c(OC)cc4cc[n+]3c(/C=C/c3ccc(Cl)cc3)c2cc1OC. The van der Waals surface area contributed by atoms with Gasteiger partial charge in [0.05, 0.1) is 39.2 Å². The maximum absolute atomic E-state index is 6.08. The first-order chi connectivity index (χ1) is 17.1. The molecule has 0 unspecified atom stereocenters. The van der Waals surface area contributed by atoms with E-state index in [-0.39, 0.29) is 0 Å². The molecule has 0 atom stereocenters. The summed E-state index contributed by atoms with van der Waals surface area (Å²) >= 11 is 6.08. The van der Waals surface area contributed by atoms with Crippen molar-refractivity contribution in [2.45, 2.75) is 0 Å². The minimum atomic E-state index is 0.674. The van der Waals surface area contributed by atoms with Crippen molar-refractivity contribution in [1.29, 1.82) is 0 Å². The van der Waals surface area contributed by atoms with Crippen molar-refractivity contribution in [1.82, 2.24) is 0 Å². The van der Waals surface area contributed by atoms with Crippen LogP contribution in [0.15, 0.2) is 66.9 Å². The number of pyridine rings is 2. The van der Waals surface area contributed by atoms with Gasteiger partial charge in [0, 0.05) is 23.2 Å². The summed E-state index contributed by atoms with van der Waals surface area (Å²) in [6.07, 6.45) is 6.26. The summed E-state index contributed by atoms with van der Waals surface area (Å²) in [5.74, 6) is 2.72. The molecule has 5 nitrogen and oxygen atoms in total. The summed E-state index contributed by atoms with van der Waals surface area (Å²) in [5.41, 5.74) is 3.08. The molecule has 3 aromatic carbocycles. The number of fused-ring (bicyclic) bond motifs is 4. The lowest BCUT2D eigenvalue weighted by Crippen LogP contribution is -2.26. The molecule has 0 radical (unpaired) electrons. The number of rotatable bonds is 6. The van der Waals surface area contributed by atoms with Crippen molar-refractivity contribution in [2.24, 2.45) is 0 Å². The molecule has 0 N–H and O–H groups in total. The van der Waals surface area contributed by atoms with E-state index in [4.69, 9.17) is 30.5 Å². The van der Waals surface area contributed by atoms with E-state index in [1.807, 2.05) is 48.5 Å². The van der Waals surface area contributed by atoms with Crippen molar-refractivity contribution in [2.75, 3.05) is 28.4 Å². The van der Waals surface area contributed by atoms with Gasteiger partial charge in [0.15, 0.2) is 29.2 Å². The summed E-state index contributed by atoms with van der Waals surface area (Å²) < 4.78 is 24.5. The largest absolute Gasteiger partial charge is 0.493 e. The summed E-state index contributed by atoms with van der Waals surface area (Å²) in [6.45, 7) is 0. The molecular weight excluding hydrogens is 462 g/mol. The smallest absolute Gasteiger partial charge is 0.219 e. The topological polar surface area (TPSA) is 41.0 Å². The van der Waals surface area contributed by atoms with Gasteiger partial charge >= 0.3 is 0 Å². The number of methoxy groups -OCH3 is 4. The molecule has 0 bridgehead atoms. The Bertz CT molecular complexity index is 1590. The Morgan fingerprint density at radius 1 is 0.629 bits per heavy atom. The highest BCUT2D eigenvalue weighted by Gasteiger charge is 2.20. The standard InChI is InChI=1S/C29H25ClNO4/c1-32-26-14-19-11-12-31-24(10-7-18-5-8-21(30)9-6-18)23-17-29(35-4)27(33-2)15-20(23)13-25(31)22(19)16-28(26)34-3/h5-17H,1-4H3/q+1/b10-7+. The van der Waals surface area contributed by atoms with Crippen LogP contribution in [0.2, 0.25) is 5.02 Å². The molecule has 2 heterocycles. The first-order valence-corrected chi connectivity index (χ1v) is 11.5. The quantitative estimate of drug-likeness (QED) is 0.154. The van der Waals surface area contributed by atoms with Gasteiger partial charge in [-0.25, -0.2) is 0 Å². The van der Waals surface area contributed by atoms with Crippen LogP contribution in [0.3, 0.4) is 0 Å². The van der Waals surface area contributed by atoms with Crippen LogP contribution >= 0.6 is 11.6 Å². The van der Waals surface area contributed by atoms with Gasteiger partial charge in [-0.1, -0.05) is 23.7 Å². The summed E-state index contributed by atoms with van der Waals surface area (Å²) in [4.78, 5) is 0. The average molecular weight is 487 g/mol. The lowest BCUT2D eigenvalue weighted by molar-refractivity contribution is -0.511. The molecule has 6 heteroatoms. The first kappa shape index (κ1) is 22.8. The Kier molecular flexibility index (Phi) is 6.10. The Morgan fingerprint density at radius 3 is 1.83 bits per heavy atom. The van der Waals surface area contributed by atoms with Crippen LogP contribution in [-0.2, 0) is 0 Å². The lowest BCUT2D eigenvalue weighted by atomic mass is 10.0. The van der Waals surface area contributed by atoms with E-state index >= 15 is 0 Å². The highest BCUT2D eigenvalue weighted by Crippen LogP contribution is 2.37. The van der Waals surface area contributed by atoms with E-state index in [0.717, 1.165) is 38.3 Å². The van der Waals surface area contributed by atoms with Gasteiger partial charge in [0.2, 0.25) is 11.2 Å². The molecule has 0 saturated heterocycles. The van der Waals surface area contributed by atoms with Crippen molar-refractivity contribution >= 4 is 50.8 Å². The number of hydrogen-bond donors (Lipinski definition) is 0. The molecule has 176 valence electrons. The zero-order valence-corrected chi connectivity index (χ0v) is 20.7. The number of benzene rings is 3. The Morgan fingerprint density at radius 2 is 1.20 bits per heavy atom. The molecule has 5 aromatic rings. The van der Waals surface area contributed by atoms with Crippen LogP contribution in [0, 0.1) is 0 Å². The van der Waals surface area contributed by atoms with Crippen molar-refractivity contribution < 1.29 is 23.3 Å². The molecule has 35 heavy (non-hydrogen) atoms. The van der Waals surface area contributed by atoms with Crippen LogP contribution in [0.4, 0.5) is 0 Å². The van der Waals surface area contributed by atoms with Crippen LogP contribution < -0.4 is 23.3 Å². The van der Waals surface area contributed by atoms with Crippen molar-refractivity contribution in [3.63, 3.8) is 0 Å². The molecule has 0 aliphatic heterocycles. The van der Waals surface area contributed by atoms with Crippen LogP contribution in [0.5, 0.6) is 23.0 Å². The van der Waals surface area contributed by atoms with Gasteiger partial charge in [0.1, 0.15) is 0 Å². The van der Waals surface area contributed by atoms with Crippen molar-refractivity contribution in [3.05, 3.63) is 83.1 Å². The molecule has 0 saturated carbocycles. The molecule has 0 amide bonds. The zero-order chi connectivity index (χ0) is 24.5. The van der Waals surface area contributed by atoms with Crippen LogP contribution in [0.25, 0.3) is 39.2 Å². The molecule has 0 fully saturated rings. The van der Waals surface area contributed by atoms with Gasteiger partial charge < -0.3 is 18.9 Å². The summed E-state index contributed by atoms with van der Waals surface area (Å²) in [7, 11) is 6.59. The minimum absolute atomic E-state index is 0.674. The van der Waals surface area contributed by atoms with Crippen LogP contribution in [0.1, 0.15) is 11.3 Å². The molecule has 2 aromatic heterocycles. The number of ether oxygens (including phenoxy) is 4. The second-order valence-electron chi connectivity index (χ2n) is 8.07. The maximum Gasteiger partial charge on any atom is 0.219 e. The monoisotopic (exact) mass is 486 g/mol. The van der Waals surface area contributed by atoms with Gasteiger partial charge in [-0.2, -0.15) is 4.40 Å². The number of aromatic nitrogens is 1. The van der Waals surface area contributed by atoms with E-state index in [9.17, 15) is 0 Å². The third kappa shape index (κ3) is 4.08. The second-order valence-corrected chi connectivity index (χ2v) is 8.51. The van der Waals surface area contributed by atoms with Crippen molar-refractivity contribution in [3.8, 4) is 23.0 Å². The van der Waals surface area contributed by atoms with Gasteiger partial charge in [0.25, 0.3) is 0 Å². The summed E-state index contributed by atoms with van der Waals surface area (Å²) in [6, 6.07) is 20.0. The van der Waals surface area contributed by atoms with Gasteiger partial charge in [-0.15, -0.1) is 0 Å². The Labute approximate surface area is 208 Å². The van der Waals surface area contributed by atoms with E-state index in [0.29, 0.717) is 28.0 Å². The van der Waals surface area contributed by atoms with E-state index in [1.165, 1.54) is 0 Å². The van der Waals surface area contributed by atoms with E-state index in [1.54, 1.807) is 28.4 Å². The number of halogens is 1. The molecule has 0 spiro atoms. The third-order valence-corrected chi connectivity index (χ3v) is 6.43. The Balaban J connectivity index is 1.86. The van der Waals surface area contributed by atoms with E-state index in [2.05, 4.69) is 34.9 Å². The number of hydrogen-bond acceptors (Lipinski definition) is 4. The fourth-order valence-electron chi connectivity index (χ4n) is 4.41. The van der Waals surface area contributed by atoms with E-state index < -0.39 is 0 Å². The molecular formula is C29H25ClNO4+. The molecule has 0 aliphatic carbocycles. The fourth-order valence-corrected chi connectivity index (χ4v) is 4.53. The average Bonchev–Trinajstić information content (AvgIpc) is 2.90. The summed E-state index contributed by atoms with van der Waals surface area (Å²) in [5, 5.41) is 4.86. The lowest BCUT2D eigenvalue weighted by Gasteiger charge is -2.12.